The molecule has 2 amide bonds. The van der Waals surface area contributed by atoms with Crippen LogP contribution in [0.4, 0.5) is 18.0 Å². The highest BCUT2D eigenvalue weighted by Gasteiger charge is 2.35. The largest absolute Gasteiger partial charge is 0.479 e. The molecule has 20 heavy (non-hydrogen) atoms. The number of aliphatic hydroxyl groups excluding tert-OH is 1. The van der Waals surface area contributed by atoms with E-state index in [1.54, 1.807) is 0 Å². The Morgan fingerprint density at radius 2 is 2.10 bits per heavy atom. The third-order valence-electron chi connectivity index (χ3n) is 2.84. The van der Waals surface area contributed by atoms with Gasteiger partial charge in [0, 0.05) is 31.6 Å². The number of hydrogen-bond donors (Lipinski definition) is 3. The molecule has 0 fully saturated rings. The van der Waals surface area contributed by atoms with E-state index < -0.39 is 29.9 Å². The number of urea groups is 1. The molecule has 0 saturated heterocycles. The van der Waals surface area contributed by atoms with E-state index in [0.717, 1.165) is 6.08 Å². The second-order valence-electron chi connectivity index (χ2n) is 4.30. The Kier molecular flexibility index (Phi) is 5.37. The van der Waals surface area contributed by atoms with Gasteiger partial charge in [0.1, 0.15) is 0 Å². The minimum absolute atomic E-state index is 0.0569. The Morgan fingerprint density at radius 3 is 2.55 bits per heavy atom. The van der Waals surface area contributed by atoms with E-state index in [-0.39, 0.29) is 32.5 Å². The van der Waals surface area contributed by atoms with E-state index in [1.807, 2.05) is 0 Å². The van der Waals surface area contributed by atoms with Crippen LogP contribution in [0, 0.1) is 0 Å². The van der Waals surface area contributed by atoms with Crippen LogP contribution in [-0.2, 0) is 4.79 Å². The highest BCUT2D eigenvalue weighted by atomic mass is 19.4. The van der Waals surface area contributed by atoms with E-state index in [1.165, 1.54) is 4.90 Å². The van der Waals surface area contributed by atoms with Gasteiger partial charge >= 0.3 is 18.2 Å². The number of nitrogens with zero attached hydrogens (tertiary/aromatic N) is 1. The lowest BCUT2D eigenvalue weighted by molar-refractivity contribution is -0.146. The average molecular weight is 296 g/mol. The molecule has 0 radical (unpaired) electrons. The molecule has 0 unspecified atom stereocenters. The summed E-state index contributed by atoms with van der Waals surface area (Å²) in [4.78, 5) is 23.1. The zero-order chi connectivity index (χ0) is 15.3. The molecule has 0 aliphatic carbocycles. The van der Waals surface area contributed by atoms with Crippen molar-refractivity contribution in [3.8, 4) is 0 Å². The first-order chi connectivity index (χ1) is 9.21. The van der Waals surface area contributed by atoms with Crippen molar-refractivity contribution in [3.63, 3.8) is 0 Å². The molecule has 0 bridgehead atoms. The predicted molar refractivity (Wildman–Crippen MR) is 62.0 cm³/mol. The van der Waals surface area contributed by atoms with E-state index >= 15 is 0 Å². The molecule has 0 spiro atoms. The third kappa shape index (κ3) is 4.72. The van der Waals surface area contributed by atoms with Gasteiger partial charge in [-0.05, 0) is 6.42 Å². The number of alkyl halides is 3. The van der Waals surface area contributed by atoms with Gasteiger partial charge in [0.25, 0.3) is 0 Å². The molecule has 0 saturated carbocycles. The van der Waals surface area contributed by atoms with Gasteiger partial charge in [-0.1, -0.05) is 6.08 Å². The standard InChI is InChI=1S/C11H15F3N2O4/c12-11(13,14)7-2-5-16(6-3-7)10(20)15-4-1-8(17)9(18)19/h2,8,17H,1,3-6H2,(H,15,20)(H,18,19)/t8-/m0/s1. The summed E-state index contributed by atoms with van der Waals surface area (Å²) in [5.41, 5.74) is -0.650. The van der Waals surface area contributed by atoms with Crippen molar-refractivity contribution in [1.82, 2.24) is 10.2 Å². The number of carboxylic acid groups (broad SMARTS) is 1. The number of carboxylic acids is 1. The minimum Gasteiger partial charge on any atom is -0.479 e. The first-order valence-electron chi connectivity index (χ1n) is 5.91. The summed E-state index contributed by atoms with van der Waals surface area (Å²) in [6.45, 7) is -0.278. The van der Waals surface area contributed by atoms with Crippen molar-refractivity contribution in [3.05, 3.63) is 11.6 Å². The topological polar surface area (TPSA) is 89.9 Å². The normalized spacial score (nSPS) is 17.4. The number of amides is 2. The van der Waals surface area contributed by atoms with Gasteiger partial charge in [0.05, 0.1) is 0 Å². The number of carbonyl (C=O) groups excluding carboxylic acids is 1. The van der Waals surface area contributed by atoms with Crippen LogP contribution in [0.2, 0.25) is 0 Å². The summed E-state index contributed by atoms with van der Waals surface area (Å²) < 4.78 is 37.1. The van der Waals surface area contributed by atoms with Crippen molar-refractivity contribution >= 4 is 12.0 Å². The lowest BCUT2D eigenvalue weighted by atomic mass is 10.1. The Bertz CT molecular complexity index is 409. The van der Waals surface area contributed by atoms with Crippen LogP contribution in [0.5, 0.6) is 0 Å². The van der Waals surface area contributed by atoms with Gasteiger partial charge in [-0.3, -0.25) is 0 Å². The van der Waals surface area contributed by atoms with Gasteiger partial charge < -0.3 is 20.4 Å². The molecule has 1 aliphatic heterocycles. The number of carbonyl (C=O) groups is 2. The maximum atomic E-state index is 12.4. The van der Waals surface area contributed by atoms with Crippen LogP contribution in [0.15, 0.2) is 11.6 Å². The quantitative estimate of drug-likeness (QED) is 0.667. The van der Waals surface area contributed by atoms with Crippen molar-refractivity contribution in [2.24, 2.45) is 0 Å². The van der Waals surface area contributed by atoms with E-state index in [0.29, 0.717) is 0 Å². The lowest BCUT2D eigenvalue weighted by Gasteiger charge is -2.27. The SMILES string of the molecule is O=C(O)[C@@H](O)CCNC(=O)N1CC=C(C(F)(F)F)CC1. The van der Waals surface area contributed by atoms with Crippen LogP contribution >= 0.6 is 0 Å². The Balaban J connectivity index is 2.36. The monoisotopic (exact) mass is 296 g/mol. The first kappa shape index (κ1) is 16.3. The molecule has 114 valence electrons. The lowest BCUT2D eigenvalue weighted by Crippen LogP contribution is -2.44. The third-order valence-corrected chi connectivity index (χ3v) is 2.84. The second-order valence-corrected chi connectivity index (χ2v) is 4.30. The maximum Gasteiger partial charge on any atom is 0.412 e. The van der Waals surface area contributed by atoms with Crippen molar-refractivity contribution in [2.75, 3.05) is 19.6 Å². The molecule has 6 nitrogen and oxygen atoms in total. The number of nitrogens with one attached hydrogen (secondary N) is 1. The number of halogens is 3. The van der Waals surface area contributed by atoms with E-state index in [2.05, 4.69) is 5.32 Å². The number of rotatable bonds is 4. The van der Waals surface area contributed by atoms with Crippen LogP contribution in [-0.4, -0.2) is 59.0 Å². The van der Waals surface area contributed by atoms with Gasteiger partial charge in [0.2, 0.25) is 0 Å². The highest BCUT2D eigenvalue weighted by molar-refractivity contribution is 5.75. The molecular formula is C11H15F3N2O4. The summed E-state index contributed by atoms with van der Waals surface area (Å²) in [6.07, 6.45) is -5.43. The fraction of sp³-hybridized carbons (Fsp3) is 0.636. The van der Waals surface area contributed by atoms with Crippen molar-refractivity contribution in [1.29, 1.82) is 0 Å². The number of hydrogen-bond acceptors (Lipinski definition) is 3. The van der Waals surface area contributed by atoms with Crippen LogP contribution in [0.1, 0.15) is 12.8 Å². The van der Waals surface area contributed by atoms with Gasteiger partial charge in [-0.2, -0.15) is 13.2 Å². The smallest absolute Gasteiger partial charge is 0.412 e. The van der Waals surface area contributed by atoms with Crippen LogP contribution in [0.3, 0.4) is 0 Å². The molecule has 3 N–H and O–H groups in total. The van der Waals surface area contributed by atoms with E-state index in [4.69, 9.17) is 10.2 Å². The van der Waals surface area contributed by atoms with Crippen LogP contribution in [0.25, 0.3) is 0 Å². The summed E-state index contributed by atoms with van der Waals surface area (Å²) in [7, 11) is 0. The fourth-order valence-corrected chi connectivity index (χ4v) is 1.66. The summed E-state index contributed by atoms with van der Waals surface area (Å²) in [6, 6.07) is -0.583. The first-order valence-corrected chi connectivity index (χ1v) is 5.91. The number of aliphatic hydroxyl groups is 1. The summed E-state index contributed by atoms with van der Waals surface area (Å²) in [5.74, 6) is -1.39. The fourth-order valence-electron chi connectivity index (χ4n) is 1.66. The summed E-state index contributed by atoms with van der Waals surface area (Å²) in [5, 5.41) is 19.7. The average Bonchev–Trinajstić information content (AvgIpc) is 2.37. The molecule has 1 heterocycles. The summed E-state index contributed by atoms with van der Waals surface area (Å²) >= 11 is 0. The molecule has 1 aliphatic rings. The van der Waals surface area contributed by atoms with Crippen LogP contribution < -0.4 is 5.32 Å². The van der Waals surface area contributed by atoms with Gasteiger partial charge in [-0.25, -0.2) is 9.59 Å². The Hall–Kier alpha value is -1.77. The maximum absolute atomic E-state index is 12.4. The molecule has 0 aromatic heterocycles. The molecule has 1 rings (SSSR count). The Labute approximate surface area is 112 Å². The molecule has 0 aromatic carbocycles. The highest BCUT2D eigenvalue weighted by Crippen LogP contribution is 2.29. The zero-order valence-electron chi connectivity index (χ0n) is 10.5. The molecular weight excluding hydrogens is 281 g/mol. The second kappa shape index (κ2) is 6.60. The van der Waals surface area contributed by atoms with Gasteiger partial charge in [0.15, 0.2) is 6.10 Å². The van der Waals surface area contributed by atoms with Crippen molar-refractivity contribution < 1.29 is 33.0 Å². The van der Waals surface area contributed by atoms with Crippen molar-refractivity contribution in [2.45, 2.75) is 25.1 Å². The number of aliphatic carboxylic acids is 1. The zero-order valence-corrected chi connectivity index (χ0v) is 10.5. The Morgan fingerprint density at radius 1 is 1.45 bits per heavy atom. The minimum atomic E-state index is -4.37. The predicted octanol–water partition coefficient (Wildman–Crippen LogP) is 0.726. The van der Waals surface area contributed by atoms with Gasteiger partial charge in [-0.15, -0.1) is 0 Å². The molecule has 0 aromatic rings. The molecule has 1 atom stereocenters. The molecule has 9 heteroatoms. The van der Waals surface area contributed by atoms with E-state index in [9.17, 15) is 22.8 Å².